The molecule has 8 N–H and O–H groups in total. The Labute approximate surface area is 573 Å². The van der Waals surface area contributed by atoms with Crippen molar-refractivity contribution in [1.29, 1.82) is 15.8 Å². The number of anilines is 5. The van der Waals surface area contributed by atoms with Crippen molar-refractivity contribution in [3.8, 4) is 105 Å². The van der Waals surface area contributed by atoms with Crippen LogP contribution in [-0.4, -0.2) is 147 Å². The molecule has 26 nitrogen and oxygen atoms in total. The molecule has 0 radical (unpaired) electrons. The number of hydrogen-bond donors (Lipinski definition) is 5. The van der Waals surface area contributed by atoms with E-state index in [0.29, 0.717) is 118 Å². The average Bonchev–Trinajstić information content (AvgIpc) is 1.30. The van der Waals surface area contributed by atoms with Gasteiger partial charge in [0.25, 0.3) is 17.7 Å². The third kappa shape index (κ3) is 15.4. The highest BCUT2D eigenvalue weighted by atomic mass is 32.1. The maximum absolute atomic E-state index is 13.0. The zero-order valence-corrected chi connectivity index (χ0v) is 55.3. The number of rotatable bonds is 13. The first-order valence-corrected chi connectivity index (χ1v) is 32.4. The predicted octanol–water partition coefficient (Wildman–Crippen LogP) is 10.3. The average molecular weight is 1350 g/mol. The van der Waals surface area contributed by atoms with Crippen molar-refractivity contribution < 1.29 is 14.4 Å². The highest BCUT2D eigenvalue weighted by Crippen LogP contribution is 2.37. The molecule has 1 saturated heterocycles. The van der Waals surface area contributed by atoms with Gasteiger partial charge in [-0.3, -0.25) is 14.4 Å². The van der Waals surface area contributed by atoms with E-state index in [1.54, 1.807) is 101 Å². The quantitative estimate of drug-likeness (QED) is 0.0716. The minimum atomic E-state index is -0.186. The number of nitrogen functional groups attached to an aromatic ring is 3. The van der Waals surface area contributed by atoms with Gasteiger partial charge in [0.05, 0.1) is 70.2 Å². The maximum Gasteiger partial charge on any atom is 0.253 e. The Morgan fingerprint density at radius 3 is 1.47 bits per heavy atom. The monoisotopic (exact) mass is 1350 g/mol. The van der Waals surface area contributed by atoms with Crippen molar-refractivity contribution in [3.63, 3.8) is 0 Å². The summed E-state index contributed by atoms with van der Waals surface area (Å²) in [6.07, 6.45) is 5.50. The number of amides is 3. The topological polar surface area (TPSA) is 389 Å². The van der Waals surface area contributed by atoms with Crippen molar-refractivity contribution in [2.45, 2.75) is 6.42 Å². The minimum absolute atomic E-state index is 0.0764. The lowest BCUT2D eigenvalue weighted by Gasteiger charge is -2.20. The summed E-state index contributed by atoms with van der Waals surface area (Å²) in [5.41, 5.74) is 28.1. The molecule has 6 aromatic heterocycles. The molecule has 98 heavy (non-hydrogen) atoms. The molecule has 1 aliphatic heterocycles. The molecule has 1 aliphatic rings. The van der Waals surface area contributed by atoms with E-state index < -0.39 is 0 Å². The van der Waals surface area contributed by atoms with Gasteiger partial charge in [-0.15, -0.1) is 30.6 Å². The van der Waals surface area contributed by atoms with Gasteiger partial charge in [0, 0.05) is 92.3 Å². The Balaban J connectivity index is 0.000000149. The van der Waals surface area contributed by atoms with Crippen molar-refractivity contribution in [2.75, 3.05) is 76.9 Å². The number of nitriles is 3. The van der Waals surface area contributed by atoms with E-state index in [-0.39, 0.29) is 35.2 Å². The fraction of sp³-hybridized carbons (Fsp3) is 0.130. The van der Waals surface area contributed by atoms with Gasteiger partial charge in [0.2, 0.25) is 5.13 Å². The van der Waals surface area contributed by atoms with E-state index in [1.165, 1.54) is 56.2 Å². The van der Waals surface area contributed by atoms with Crippen LogP contribution in [0.1, 0.15) is 54.2 Å². The van der Waals surface area contributed by atoms with E-state index >= 15 is 0 Å². The molecule has 13 rings (SSSR count). The zero-order valence-electron chi connectivity index (χ0n) is 52.9. The molecule has 0 unspecified atom stereocenters. The third-order valence-electron chi connectivity index (χ3n) is 14.8. The van der Waals surface area contributed by atoms with E-state index in [2.05, 4.69) is 89.3 Å². The van der Waals surface area contributed by atoms with Crippen LogP contribution in [0.4, 0.5) is 28.3 Å². The first kappa shape index (κ1) is 66.7. The largest absolute Gasteiger partial charge is 0.382 e. The maximum atomic E-state index is 13.0. The molecule has 3 amide bonds. The number of aromatic nitrogens is 12. The van der Waals surface area contributed by atoms with Crippen LogP contribution in [0.3, 0.4) is 0 Å². The normalized spacial score (nSPS) is 11.6. The molecule has 0 spiro atoms. The number of nitrogens with zero attached hydrogens (tertiary/aromatic N) is 18. The summed E-state index contributed by atoms with van der Waals surface area (Å²) in [7, 11) is 6.73. The molecule has 7 heterocycles. The summed E-state index contributed by atoms with van der Waals surface area (Å²) in [6.45, 7) is 2.99. The highest BCUT2D eigenvalue weighted by Gasteiger charge is 2.23. The number of nitrogens with two attached hydrogens (primary N) is 3. The molecular weight excluding hydrogens is 1300 g/mol. The second-order valence-corrected chi connectivity index (χ2v) is 24.8. The summed E-state index contributed by atoms with van der Waals surface area (Å²) >= 11 is 3.97. The van der Waals surface area contributed by atoms with Gasteiger partial charge in [-0.05, 0) is 61.5 Å². The number of carbonyl (C=O) groups excluding carboxylic acids is 3. The Morgan fingerprint density at radius 1 is 0.480 bits per heavy atom. The van der Waals surface area contributed by atoms with E-state index in [1.807, 2.05) is 83.8 Å². The third-order valence-corrected chi connectivity index (χ3v) is 17.6. The van der Waals surface area contributed by atoms with Gasteiger partial charge >= 0.3 is 0 Å². The van der Waals surface area contributed by atoms with Gasteiger partial charge in [-0.1, -0.05) is 131 Å². The van der Waals surface area contributed by atoms with Crippen molar-refractivity contribution >= 4 is 80.0 Å². The van der Waals surface area contributed by atoms with Crippen LogP contribution in [-0.2, 0) is 0 Å². The zero-order chi connectivity index (χ0) is 68.8. The van der Waals surface area contributed by atoms with Crippen LogP contribution in [0.15, 0.2) is 164 Å². The smallest absolute Gasteiger partial charge is 0.253 e. The van der Waals surface area contributed by atoms with Gasteiger partial charge in [0.15, 0.2) is 32.5 Å². The van der Waals surface area contributed by atoms with Crippen LogP contribution < -0.4 is 27.8 Å². The second-order valence-electron chi connectivity index (χ2n) is 21.8. The molecule has 0 atom stereocenters. The fourth-order valence-corrected chi connectivity index (χ4v) is 12.2. The van der Waals surface area contributed by atoms with Gasteiger partial charge in [-0.25, -0.2) is 29.9 Å². The van der Waals surface area contributed by atoms with Crippen LogP contribution in [0, 0.1) is 34.0 Å². The predicted molar refractivity (Wildman–Crippen MR) is 377 cm³/mol. The molecule has 0 aliphatic carbocycles. The summed E-state index contributed by atoms with van der Waals surface area (Å²) in [4.78, 5) is 68.8. The summed E-state index contributed by atoms with van der Waals surface area (Å²) in [5, 5.41) is 64.0. The Bertz CT molecular complexity index is 5030. The number of hydrogen-bond acceptors (Lipinski definition) is 26. The summed E-state index contributed by atoms with van der Waals surface area (Å²) in [6, 6.07) is 50.1. The first-order chi connectivity index (χ1) is 47.6. The van der Waals surface area contributed by atoms with Crippen molar-refractivity contribution in [2.24, 2.45) is 0 Å². The lowest BCUT2D eigenvalue weighted by Crippen LogP contribution is -2.34. The van der Waals surface area contributed by atoms with Crippen LogP contribution in [0.2, 0.25) is 0 Å². The summed E-state index contributed by atoms with van der Waals surface area (Å²) in [5.74, 6) is 0.334. The van der Waals surface area contributed by atoms with E-state index in [0.717, 1.165) is 46.2 Å². The SMILES string of the molecule is CN(C)C(=O)c1ccc(-c2cnc(N)c(-c3nnc(-c4ccccc4)s3)n2)c(C#N)c1.CN(C)C(=O)c1ccc(-c2cnc(N)c(-c3nnc(Nc4ccccc4C#N)s3)n2)cc1.N#Cc1cc(C(=O)N2CCCNCC2)ccc1-c1cnc(N)c(-c2nnc(-c3ccccc3)s2)n1. The molecular formula is C69H57N23O3S3. The van der Waals surface area contributed by atoms with E-state index in [9.17, 15) is 30.2 Å². The molecule has 29 heteroatoms. The van der Waals surface area contributed by atoms with Crippen LogP contribution in [0.25, 0.3) is 87.0 Å². The van der Waals surface area contributed by atoms with Crippen molar-refractivity contribution in [1.82, 2.24) is 80.5 Å². The van der Waals surface area contributed by atoms with Crippen molar-refractivity contribution in [3.05, 3.63) is 198 Å². The Kier molecular flexibility index (Phi) is 20.8. The second kappa shape index (κ2) is 30.6. The Hall–Kier alpha value is -12.7. The van der Waals surface area contributed by atoms with Gasteiger partial charge in [-0.2, -0.15) is 15.8 Å². The highest BCUT2D eigenvalue weighted by molar-refractivity contribution is 7.18. The first-order valence-electron chi connectivity index (χ1n) is 30.0. The minimum Gasteiger partial charge on any atom is -0.382 e. The lowest BCUT2D eigenvalue weighted by atomic mass is 10.0. The lowest BCUT2D eigenvalue weighted by molar-refractivity contribution is 0.0764. The molecule has 6 aromatic carbocycles. The van der Waals surface area contributed by atoms with Crippen LogP contribution in [0.5, 0.6) is 0 Å². The number of benzene rings is 6. The molecule has 0 saturated carbocycles. The number of carbonyl (C=O) groups is 3. The number of para-hydroxylation sites is 1. The molecule has 12 aromatic rings. The van der Waals surface area contributed by atoms with Crippen LogP contribution >= 0.6 is 34.0 Å². The van der Waals surface area contributed by atoms with Gasteiger partial charge in [0.1, 0.15) is 33.2 Å². The fourth-order valence-electron chi connectivity index (χ4n) is 9.79. The van der Waals surface area contributed by atoms with Gasteiger partial charge < -0.3 is 42.5 Å². The molecule has 0 bridgehead atoms. The molecule has 484 valence electrons. The summed E-state index contributed by atoms with van der Waals surface area (Å²) < 4.78 is 0. The standard InChI is InChI=1S/C25H22N8OS.C22H18N8OS.C22H17N7OS/c26-14-18-13-17(25(34)33-11-4-9-28-10-12-33)7-8-19(18)20-15-29-22(27)21(30-20)24-32-31-23(35-24)16-5-2-1-3-6-16;1-30(2)21(31)14-9-7-13(8-10-14)17-12-25-19(24)18(26-17)20-28-29-22(32-20)27-16-6-4-3-5-15(16)11-23;1-29(2)22(30)14-8-9-16(15(10-14)11-23)17-12-25-19(24)18(26-17)21-28-27-20(31-21)13-6-4-3-5-7-13/h1-3,5-8,13,15,28H,4,9-12H2,(H2,27,29);3-10,12H,1-2H3,(H2,24,25)(H,27,29);3-10,12H,1-2H3,(H2,24,25). The number of nitrogens with one attached hydrogen (secondary N) is 2. The van der Waals surface area contributed by atoms with E-state index in [4.69, 9.17) is 17.2 Å². The Morgan fingerprint density at radius 2 is 0.929 bits per heavy atom. The molecule has 1 fully saturated rings.